The van der Waals surface area contributed by atoms with E-state index in [9.17, 15) is 0 Å². The number of hydrogen-bond acceptors (Lipinski definition) is 3. The SMILES string of the molecule is C=CCC(C)=C(N)N.CC(=O)O. The Kier molecular flexibility index (Phi) is 8.40. The number of aliphatic carboxylic acids is 1. The zero-order valence-corrected chi connectivity index (χ0v) is 7.50. The van der Waals surface area contributed by atoms with Gasteiger partial charge < -0.3 is 16.6 Å². The van der Waals surface area contributed by atoms with Crippen molar-refractivity contribution < 1.29 is 9.90 Å². The predicted octanol–water partition coefficient (Wildman–Crippen LogP) is 0.802. The van der Waals surface area contributed by atoms with Gasteiger partial charge in [-0.05, 0) is 18.9 Å². The second-order valence-corrected chi connectivity index (χ2v) is 2.25. The molecule has 0 spiro atoms. The lowest BCUT2D eigenvalue weighted by molar-refractivity contribution is -0.134. The smallest absolute Gasteiger partial charge is 0.300 e. The van der Waals surface area contributed by atoms with Crippen molar-refractivity contribution in [1.29, 1.82) is 0 Å². The fraction of sp³-hybridized carbons (Fsp3) is 0.375. The van der Waals surface area contributed by atoms with Crippen LogP contribution in [-0.2, 0) is 4.79 Å². The number of nitrogens with two attached hydrogens (primary N) is 2. The van der Waals surface area contributed by atoms with Crippen LogP contribution in [0.3, 0.4) is 0 Å². The lowest BCUT2D eigenvalue weighted by Gasteiger charge is -1.95. The zero-order chi connectivity index (χ0) is 10.1. The molecule has 0 aliphatic rings. The highest BCUT2D eigenvalue weighted by molar-refractivity contribution is 5.62. The van der Waals surface area contributed by atoms with Crippen molar-refractivity contribution in [3.8, 4) is 0 Å². The third kappa shape index (κ3) is 15.8. The third-order valence-electron chi connectivity index (χ3n) is 0.943. The number of carboxylic acids is 1. The van der Waals surface area contributed by atoms with E-state index in [0.29, 0.717) is 5.82 Å². The Balaban J connectivity index is 0. The molecule has 0 atom stereocenters. The molecule has 0 rings (SSSR count). The standard InChI is InChI=1S/C6H12N2.C2H4O2/c1-3-4-5(2)6(7)8;1-2(3)4/h3H,1,4,7-8H2,2H3;1H3,(H,3,4). The normalized spacial score (nSPS) is 7.50. The van der Waals surface area contributed by atoms with Crippen LogP contribution in [0.1, 0.15) is 20.3 Å². The molecule has 0 aliphatic heterocycles. The summed E-state index contributed by atoms with van der Waals surface area (Å²) < 4.78 is 0. The molecular formula is C8H16N2O2. The van der Waals surface area contributed by atoms with Gasteiger partial charge in [-0.3, -0.25) is 4.79 Å². The van der Waals surface area contributed by atoms with Crippen LogP contribution in [0.15, 0.2) is 24.0 Å². The highest BCUT2D eigenvalue weighted by Crippen LogP contribution is 1.98. The third-order valence-corrected chi connectivity index (χ3v) is 0.943. The zero-order valence-electron chi connectivity index (χ0n) is 7.50. The Labute approximate surface area is 72.6 Å². The molecule has 0 bridgehead atoms. The van der Waals surface area contributed by atoms with Gasteiger partial charge in [-0.15, -0.1) is 6.58 Å². The fourth-order valence-electron chi connectivity index (χ4n) is 0.334. The van der Waals surface area contributed by atoms with Crippen LogP contribution in [-0.4, -0.2) is 11.1 Å². The minimum atomic E-state index is -0.833. The average Bonchev–Trinajstić information content (AvgIpc) is 1.86. The molecule has 70 valence electrons. The summed E-state index contributed by atoms with van der Waals surface area (Å²) in [6, 6.07) is 0. The number of rotatable bonds is 2. The lowest BCUT2D eigenvalue weighted by atomic mass is 10.2. The molecule has 0 aromatic carbocycles. The maximum Gasteiger partial charge on any atom is 0.300 e. The topological polar surface area (TPSA) is 89.3 Å². The lowest BCUT2D eigenvalue weighted by Crippen LogP contribution is -2.10. The van der Waals surface area contributed by atoms with Gasteiger partial charge in [0.2, 0.25) is 0 Å². The van der Waals surface area contributed by atoms with E-state index in [1.165, 1.54) is 0 Å². The summed E-state index contributed by atoms with van der Waals surface area (Å²) in [5.41, 5.74) is 11.4. The first kappa shape index (κ1) is 13.2. The summed E-state index contributed by atoms with van der Waals surface area (Å²) in [5, 5.41) is 7.42. The van der Waals surface area contributed by atoms with Crippen molar-refractivity contribution in [2.75, 3.05) is 0 Å². The summed E-state index contributed by atoms with van der Waals surface area (Å²) in [4.78, 5) is 9.00. The van der Waals surface area contributed by atoms with Gasteiger partial charge >= 0.3 is 0 Å². The molecule has 0 unspecified atom stereocenters. The van der Waals surface area contributed by atoms with E-state index in [2.05, 4.69) is 6.58 Å². The molecule has 0 aliphatic carbocycles. The Morgan fingerprint density at radius 3 is 1.92 bits per heavy atom. The molecule has 0 aromatic rings. The predicted molar refractivity (Wildman–Crippen MR) is 49.2 cm³/mol. The summed E-state index contributed by atoms with van der Waals surface area (Å²) >= 11 is 0. The van der Waals surface area contributed by atoms with Crippen molar-refractivity contribution in [2.45, 2.75) is 20.3 Å². The second-order valence-electron chi connectivity index (χ2n) is 2.25. The Morgan fingerprint density at radius 2 is 1.83 bits per heavy atom. The largest absolute Gasteiger partial charge is 0.481 e. The van der Waals surface area contributed by atoms with E-state index >= 15 is 0 Å². The van der Waals surface area contributed by atoms with Gasteiger partial charge in [0.15, 0.2) is 0 Å². The van der Waals surface area contributed by atoms with E-state index in [0.717, 1.165) is 18.9 Å². The number of allylic oxidation sites excluding steroid dienone is 2. The molecule has 4 heteroatoms. The first-order valence-corrected chi connectivity index (χ1v) is 3.43. The maximum atomic E-state index is 9.00. The van der Waals surface area contributed by atoms with Crippen LogP contribution in [0, 0.1) is 0 Å². The van der Waals surface area contributed by atoms with Crippen LogP contribution >= 0.6 is 0 Å². The van der Waals surface area contributed by atoms with Crippen molar-refractivity contribution in [2.24, 2.45) is 11.5 Å². The van der Waals surface area contributed by atoms with Crippen LogP contribution in [0.4, 0.5) is 0 Å². The van der Waals surface area contributed by atoms with Gasteiger partial charge in [-0.2, -0.15) is 0 Å². The molecule has 12 heavy (non-hydrogen) atoms. The van der Waals surface area contributed by atoms with Crippen LogP contribution in [0.5, 0.6) is 0 Å². The summed E-state index contributed by atoms with van der Waals surface area (Å²) in [5.74, 6) is -0.426. The molecule has 4 nitrogen and oxygen atoms in total. The molecule has 0 aromatic heterocycles. The molecule has 0 saturated carbocycles. The van der Waals surface area contributed by atoms with E-state index < -0.39 is 5.97 Å². The van der Waals surface area contributed by atoms with E-state index in [4.69, 9.17) is 21.4 Å². The molecule has 0 heterocycles. The van der Waals surface area contributed by atoms with Gasteiger partial charge in [0.1, 0.15) is 0 Å². The van der Waals surface area contributed by atoms with Crippen molar-refractivity contribution in [3.05, 3.63) is 24.0 Å². The van der Waals surface area contributed by atoms with Crippen LogP contribution in [0.25, 0.3) is 0 Å². The van der Waals surface area contributed by atoms with Crippen molar-refractivity contribution >= 4 is 5.97 Å². The highest BCUT2D eigenvalue weighted by atomic mass is 16.4. The molecule has 0 fully saturated rings. The molecular weight excluding hydrogens is 156 g/mol. The van der Waals surface area contributed by atoms with Crippen molar-refractivity contribution in [3.63, 3.8) is 0 Å². The summed E-state index contributed by atoms with van der Waals surface area (Å²) in [6.07, 6.45) is 2.55. The minimum absolute atomic E-state index is 0.407. The summed E-state index contributed by atoms with van der Waals surface area (Å²) in [6.45, 7) is 6.51. The monoisotopic (exact) mass is 172 g/mol. The Morgan fingerprint density at radius 1 is 1.50 bits per heavy atom. The first-order valence-electron chi connectivity index (χ1n) is 3.43. The van der Waals surface area contributed by atoms with Crippen LogP contribution < -0.4 is 11.5 Å². The van der Waals surface area contributed by atoms with Crippen molar-refractivity contribution in [1.82, 2.24) is 0 Å². The van der Waals surface area contributed by atoms with Crippen LogP contribution in [0.2, 0.25) is 0 Å². The Hall–Kier alpha value is -1.45. The first-order chi connectivity index (χ1) is 5.41. The minimum Gasteiger partial charge on any atom is -0.481 e. The number of carboxylic acid groups (broad SMARTS) is 1. The van der Waals surface area contributed by atoms with E-state index in [1.54, 1.807) is 6.08 Å². The van der Waals surface area contributed by atoms with Gasteiger partial charge in [-0.1, -0.05) is 6.08 Å². The highest BCUT2D eigenvalue weighted by Gasteiger charge is 1.86. The molecule has 0 saturated heterocycles. The number of carbonyl (C=O) groups is 1. The fourth-order valence-corrected chi connectivity index (χ4v) is 0.334. The number of hydrogen-bond donors (Lipinski definition) is 3. The van der Waals surface area contributed by atoms with Gasteiger partial charge in [0, 0.05) is 6.92 Å². The second kappa shape index (κ2) is 7.65. The molecule has 5 N–H and O–H groups in total. The molecule has 0 radical (unpaired) electrons. The van der Waals surface area contributed by atoms with E-state index in [-0.39, 0.29) is 0 Å². The van der Waals surface area contributed by atoms with Gasteiger partial charge in [0.05, 0.1) is 5.82 Å². The average molecular weight is 172 g/mol. The van der Waals surface area contributed by atoms with E-state index in [1.807, 2.05) is 6.92 Å². The summed E-state index contributed by atoms with van der Waals surface area (Å²) in [7, 11) is 0. The maximum absolute atomic E-state index is 9.00. The quantitative estimate of drug-likeness (QED) is 0.537. The van der Waals surface area contributed by atoms with Gasteiger partial charge in [-0.25, -0.2) is 0 Å². The van der Waals surface area contributed by atoms with Gasteiger partial charge in [0.25, 0.3) is 5.97 Å². The molecule has 0 amide bonds. The Bertz CT molecular complexity index is 177.